The van der Waals surface area contributed by atoms with Gasteiger partial charge >= 0.3 is 0 Å². The third kappa shape index (κ3) is 5.56. The molecule has 6 nitrogen and oxygen atoms in total. The van der Waals surface area contributed by atoms with Crippen molar-refractivity contribution >= 4 is 11.3 Å². The minimum absolute atomic E-state index is 0.441. The second-order valence-corrected chi connectivity index (χ2v) is 11.1. The molecule has 6 heteroatoms. The molecule has 3 heterocycles. The van der Waals surface area contributed by atoms with Gasteiger partial charge in [-0.3, -0.25) is 4.40 Å². The number of nitrogens with two attached hydrogens (primary N) is 1. The Bertz CT molecular complexity index is 1330. The van der Waals surface area contributed by atoms with E-state index in [1.165, 1.54) is 71.0 Å². The number of anilines is 1. The van der Waals surface area contributed by atoms with Gasteiger partial charge in [-0.05, 0) is 75.2 Å². The van der Waals surface area contributed by atoms with Crippen molar-refractivity contribution < 1.29 is 4.74 Å². The quantitative estimate of drug-likeness (QED) is 0.300. The Morgan fingerprint density at radius 3 is 2.47 bits per heavy atom. The normalized spacial score (nSPS) is 20.8. The summed E-state index contributed by atoms with van der Waals surface area (Å²) in [5.41, 5.74) is 10.4. The highest BCUT2D eigenvalue weighted by atomic mass is 16.5. The Hall–Kier alpha value is -3.38. The van der Waals surface area contributed by atoms with E-state index < -0.39 is 0 Å². The molecule has 2 N–H and O–H groups in total. The molecule has 6 rings (SSSR count). The van der Waals surface area contributed by atoms with Crippen LogP contribution in [0, 0.1) is 5.92 Å². The smallest absolute Gasteiger partial charge is 0.150 e. The van der Waals surface area contributed by atoms with Crippen LogP contribution in [-0.2, 0) is 6.61 Å². The fraction of sp³-hybridized carbons (Fsp3) is 0.438. The highest BCUT2D eigenvalue weighted by molar-refractivity contribution is 5.85. The highest BCUT2D eigenvalue weighted by Crippen LogP contribution is 2.39. The monoisotopic (exact) mass is 509 g/mol. The lowest BCUT2D eigenvalue weighted by Gasteiger charge is -2.32. The van der Waals surface area contributed by atoms with Gasteiger partial charge in [-0.2, -0.15) is 0 Å². The summed E-state index contributed by atoms with van der Waals surface area (Å²) in [4.78, 5) is 12.4. The number of nitrogen functional groups attached to an aromatic ring is 1. The summed E-state index contributed by atoms with van der Waals surface area (Å²) in [6.45, 7) is 4.37. The fourth-order valence-electron chi connectivity index (χ4n) is 6.34. The van der Waals surface area contributed by atoms with Crippen LogP contribution in [0.3, 0.4) is 0 Å². The average Bonchev–Trinajstić information content (AvgIpc) is 3.17. The van der Waals surface area contributed by atoms with Crippen molar-refractivity contribution in [2.45, 2.75) is 63.9 Å². The van der Waals surface area contributed by atoms with Crippen molar-refractivity contribution in [3.05, 3.63) is 78.4 Å². The molecule has 0 amide bonds. The molecule has 4 aromatic rings. The van der Waals surface area contributed by atoms with Crippen LogP contribution < -0.4 is 10.5 Å². The van der Waals surface area contributed by atoms with Crippen LogP contribution in [0.5, 0.6) is 5.75 Å². The van der Waals surface area contributed by atoms with Crippen LogP contribution in [0.4, 0.5) is 5.82 Å². The third-order valence-electron chi connectivity index (χ3n) is 8.39. The van der Waals surface area contributed by atoms with E-state index in [0.717, 1.165) is 39.8 Å². The van der Waals surface area contributed by atoms with Crippen LogP contribution in [-0.4, -0.2) is 38.9 Å². The Balaban J connectivity index is 1.21. The number of rotatable bonds is 7. The largest absolute Gasteiger partial charge is 0.489 e. The summed E-state index contributed by atoms with van der Waals surface area (Å²) in [7, 11) is 0. The second kappa shape index (κ2) is 11.6. The summed E-state index contributed by atoms with van der Waals surface area (Å²) < 4.78 is 8.31. The van der Waals surface area contributed by atoms with Gasteiger partial charge in [-0.15, -0.1) is 0 Å². The molecule has 2 aromatic heterocycles. The van der Waals surface area contributed by atoms with Gasteiger partial charge in [0, 0.05) is 30.4 Å². The maximum atomic E-state index is 6.44. The van der Waals surface area contributed by atoms with E-state index in [-0.39, 0.29) is 0 Å². The van der Waals surface area contributed by atoms with E-state index in [1.807, 2.05) is 36.5 Å². The highest BCUT2D eigenvalue weighted by Gasteiger charge is 2.28. The van der Waals surface area contributed by atoms with E-state index in [1.54, 1.807) is 6.20 Å². The number of imidazole rings is 1. The molecule has 0 atom stereocenters. The zero-order valence-electron chi connectivity index (χ0n) is 22.3. The number of ether oxygens (including phenoxy) is 1. The van der Waals surface area contributed by atoms with E-state index in [2.05, 4.69) is 38.6 Å². The van der Waals surface area contributed by atoms with Crippen LogP contribution in [0.25, 0.3) is 16.8 Å². The van der Waals surface area contributed by atoms with Gasteiger partial charge in [0.1, 0.15) is 35.2 Å². The van der Waals surface area contributed by atoms with Crippen LogP contribution >= 0.6 is 0 Å². The fourth-order valence-corrected chi connectivity index (χ4v) is 6.34. The predicted octanol–water partition coefficient (Wildman–Crippen LogP) is 6.71. The lowest BCUT2D eigenvalue weighted by molar-refractivity contribution is 0.197. The molecular formula is C32H39N5O. The van der Waals surface area contributed by atoms with Gasteiger partial charge in [-0.1, -0.05) is 55.3 Å². The van der Waals surface area contributed by atoms with Gasteiger partial charge in [0.2, 0.25) is 0 Å². The molecule has 2 aliphatic rings. The van der Waals surface area contributed by atoms with Crippen molar-refractivity contribution in [2.24, 2.45) is 5.92 Å². The molecule has 0 bridgehead atoms. The summed E-state index contributed by atoms with van der Waals surface area (Å²) in [6.07, 6.45) is 14.3. The lowest BCUT2D eigenvalue weighted by Crippen LogP contribution is -2.32. The first-order valence-electron chi connectivity index (χ1n) is 14.4. The van der Waals surface area contributed by atoms with Crippen molar-refractivity contribution in [1.82, 2.24) is 19.3 Å². The first kappa shape index (κ1) is 24.9. The van der Waals surface area contributed by atoms with Crippen LogP contribution in [0.2, 0.25) is 0 Å². The Morgan fingerprint density at radius 1 is 0.895 bits per heavy atom. The topological polar surface area (TPSA) is 68.7 Å². The number of aromatic nitrogens is 3. The molecule has 1 aliphatic heterocycles. The number of hydrogen-bond donors (Lipinski definition) is 1. The zero-order chi connectivity index (χ0) is 25.7. The molecule has 1 saturated carbocycles. The Kier molecular flexibility index (Phi) is 7.59. The Morgan fingerprint density at radius 2 is 1.68 bits per heavy atom. The molecular weight excluding hydrogens is 470 g/mol. The summed E-state index contributed by atoms with van der Waals surface area (Å²) >= 11 is 0. The van der Waals surface area contributed by atoms with Crippen molar-refractivity contribution in [3.63, 3.8) is 0 Å². The molecule has 1 saturated heterocycles. The van der Waals surface area contributed by atoms with Crippen molar-refractivity contribution in [2.75, 3.05) is 25.4 Å². The standard InChI is InChI=1S/C32H39N5O/c33-31-30-29(27-11-8-12-28(21-27)38-23-25-9-4-3-5-10-25)35-32(37(30)20-17-34-31)26-15-13-24(14-16-26)22-36-18-6-1-2-7-19-36/h3-5,8-12,17,20-21,24,26H,1-2,6-7,13-16,18-19,22-23H2,(H2,33,34). The van der Waals surface area contributed by atoms with Gasteiger partial charge in [0.25, 0.3) is 0 Å². The van der Waals surface area contributed by atoms with Crippen LogP contribution in [0.1, 0.15) is 68.7 Å². The molecule has 38 heavy (non-hydrogen) atoms. The SMILES string of the molecule is Nc1nccn2c(C3CCC(CN4CCCCCC4)CC3)nc(-c3cccc(OCc4ccccc4)c3)c12. The molecule has 0 spiro atoms. The third-order valence-corrected chi connectivity index (χ3v) is 8.39. The summed E-state index contributed by atoms with van der Waals surface area (Å²) in [5.74, 6) is 3.71. The maximum Gasteiger partial charge on any atom is 0.150 e. The van der Waals surface area contributed by atoms with Gasteiger partial charge in [-0.25, -0.2) is 9.97 Å². The summed E-state index contributed by atoms with van der Waals surface area (Å²) in [6, 6.07) is 18.4. The van der Waals surface area contributed by atoms with Gasteiger partial charge in [0.05, 0.1) is 0 Å². The predicted molar refractivity (Wildman–Crippen MR) is 153 cm³/mol. The summed E-state index contributed by atoms with van der Waals surface area (Å²) in [5, 5.41) is 0. The lowest BCUT2D eigenvalue weighted by atomic mass is 9.81. The number of benzene rings is 2. The van der Waals surface area contributed by atoms with Gasteiger partial charge < -0.3 is 15.4 Å². The molecule has 2 fully saturated rings. The second-order valence-electron chi connectivity index (χ2n) is 11.1. The molecule has 2 aromatic carbocycles. The molecule has 1 aliphatic carbocycles. The average molecular weight is 510 g/mol. The van der Waals surface area contributed by atoms with Crippen LogP contribution in [0.15, 0.2) is 67.0 Å². The van der Waals surface area contributed by atoms with E-state index >= 15 is 0 Å². The molecule has 0 unspecified atom stereocenters. The van der Waals surface area contributed by atoms with Crippen molar-refractivity contribution in [1.29, 1.82) is 0 Å². The zero-order valence-corrected chi connectivity index (χ0v) is 22.3. The number of likely N-dealkylation sites (tertiary alicyclic amines) is 1. The molecule has 0 radical (unpaired) electrons. The van der Waals surface area contributed by atoms with E-state index in [4.69, 9.17) is 15.5 Å². The first-order valence-corrected chi connectivity index (χ1v) is 14.4. The number of nitrogens with zero attached hydrogens (tertiary/aromatic N) is 4. The van der Waals surface area contributed by atoms with Crippen molar-refractivity contribution in [3.8, 4) is 17.0 Å². The molecule has 198 valence electrons. The van der Waals surface area contributed by atoms with Gasteiger partial charge in [0.15, 0.2) is 0 Å². The minimum Gasteiger partial charge on any atom is -0.489 e. The first-order chi connectivity index (χ1) is 18.7. The maximum absolute atomic E-state index is 6.44. The number of hydrogen-bond acceptors (Lipinski definition) is 5. The number of fused-ring (bicyclic) bond motifs is 1. The Labute approximate surface area is 225 Å². The van der Waals surface area contributed by atoms with E-state index in [9.17, 15) is 0 Å². The van der Waals surface area contributed by atoms with E-state index in [0.29, 0.717) is 18.3 Å². The minimum atomic E-state index is 0.441.